The molecule has 2 rings (SSSR count). The van der Waals surface area contributed by atoms with E-state index in [-0.39, 0.29) is 0 Å². The van der Waals surface area contributed by atoms with Gasteiger partial charge >= 0.3 is 0 Å². The van der Waals surface area contributed by atoms with Crippen molar-refractivity contribution in [3.05, 3.63) is 0 Å². The Morgan fingerprint density at radius 3 is 2.25 bits per heavy atom. The Kier molecular flexibility index (Phi) is 1.28. The zero-order chi connectivity index (χ0) is 5.40. The van der Waals surface area contributed by atoms with Crippen molar-refractivity contribution in [1.82, 2.24) is 0 Å². The Labute approximate surface area is 51.6 Å². The number of ether oxygens (including phenoxy) is 1. The highest BCUT2D eigenvalue weighted by Gasteiger charge is 2.28. The van der Waals surface area contributed by atoms with Crippen molar-refractivity contribution in [2.24, 2.45) is 0 Å². The molecule has 0 saturated carbocycles. The van der Waals surface area contributed by atoms with Gasteiger partial charge in [-0.05, 0) is 25.2 Å². The largest absolute Gasteiger partial charge is 0.374 e. The van der Waals surface area contributed by atoms with Crippen LogP contribution in [-0.4, -0.2) is 24.5 Å². The molecule has 0 N–H and O–H groups in total. The Morgan fingerprint density at radius 1 is 1.12 bits per heavy atom. The fourth-order valence-corrected chi connectivity index (χ4v) is 2.90. The highest BCUT2D eigenvalue weighted by Crippen LogP contribution is 2.33. The van der Waals surface area contributed by atoms with Crippen molar-refractivity contribution < 1.29 is 4.74 Å². The van der Waals surface area contributed by atoms with Crippen molar-refractivity contribution in [3.63, 3.8) is 0 Å². The van der Waals surface area contributed by atoms with Crippen molar-refractivity contribution in [3.8, 4) is 0 Å². The number of hydrogen-bond donors (Lipinski definition) is 0. The van der Waals surface area contributed by atoms with Crippen LogP contribution in [0.1, 0.15) is 12.8 Å². The first-order valence-corrected chi connectivity index (χ1v) is 4.73. The Hall–Kier alpha value is 0.390. The zero-order valence-electron chi connectivity index (χ0n) is 4.89. The summed E-state index contributed by atoms with van der Waals surface area (Å²) in [5.74, 6) is 0. The maximum atomic E-state index is 5.60. The van der Waals surface area contributed by atoms with Crippen LogP contribution in [0.2, 0.25) is 0 Å². The molecule has 2 atom stereocenters. The lowest BCUT2D eigenvalue weighted by atomic mass is 10.2. The van der Waals surface area contributed by atoms with E-state index in [1.54, 1.807) is 0 Å². The van der Waals surface area contributed by atoms with Crippen LogP contribution in [0.25, 0.3) is 0 Å². The molecule has 0 radical (unpaired) electrons. The molecule has 2 heterocycles. The molecule has 0 aliphatic carbocycles. The fraction of sp³-hybridized carbons (Fsp3) is 1.00. The minimum Gasteiger partial charge on any atom is -0.374 e. The number of rotatable bonds is 0. The third-order valence-corrected chi connectivity index (χ3v) is 3.43. The molecule has 2 saturated heterocycles. The molecule has 2 aliphatic rings. The van der Waals surface area contributed by atoms with E-state index in [1.165, 1.54) is 33.7 Å². The summed E-state index contributed by atoms with van der Waals surface area (Å²) in [6.45, 7) is 0. The molecule has 8 heavy (non-hydrogen) atoms. The van der Waals surface area contributed by atoms with E-state index in [0.717, 1.165) is 0 Å². The average Bonchev–Trinajstić information content (AvgIpc) is 2.12. The molecule has 0 aromatic heterocycles. The van der Waals surface area contributed by atoms with E-state index in [2.05, 4.69) is 0 Å². The minimum absolute atomic E-state index is 0.673. The van der Waals surface area contributed by atoms with Crippen LogP contribution in [0.4, 0.5) is 0 Å². The molecule has 46 valence electrons. The predicted molar refractivity (Wildman–Crippen MR) is 35.9 cm³/mol. The Balaban J connectivity index is 2.03. The predicted octanol–water partition coefficient (Wildman–Crippen LogP) is 1.23. The fourth-order valence-electron chi connectivity index (χ4n) is 1.49. The van der Waals surface area contributed by atoms with Gasteiger partial charge in [-0.15, -0.1) is 8.58 Å². The van der Waals surface area contributed by atoms with Gasteiger partial charge in [0.2, 0.25) is 0 Å². The van der Waals surface area contributed by atoms with Crippen LogP contribution in [0.3, 0.4) is 0 Å². The normalized spacial score (nSPS) is 48.0. The van der Waals surface area contributed by atoms with Gasteiger partial charge in [-0.3, -0.25) is 0 Å². The summed E-state index contributed by atoms with van der Waals surface area (Å²) >= 11 is 0. The topological polar surface area (TPSA) is 9.23 Å². The van der Waals surface area contributed by atoms with Gasteiger partial charge in [0.05, 0.1) is 12.2 Å². The van der Waals surface area contributed by atoms with Gasteiger partial charge in [0.15, 0.2) is 0 Å². The van der Waals surface area contributed by atoms with Gasteiger partial charge in [-0.25, -0.2) is 0 Å². The zero-order valence-corrected chi connectivity index (χ0v) is 5.89. The molecule has 2 aliphatic heterocycles. The summed E-state index contributed by atoms with van der Waals surface area (Å²) < 4.78 is 5.60. The third-order valence-electron chi connectivity index (χ3n) is 1.94. The van der Waals surface area contributed by atoms with Crippen molar-refractivity contribution in [2.45, 2.75) is 25.0 Å². The highest BCUT2D eigenvalue weighted by atomic mass is 31.1. The van der Waals surface area contributed by atoms with E-state index >= 15 is 0 Å². The Morgan fingerprint density at radius 2 is 1.75 bits per heavy atom. The lowest BCUT2D eigenvalue weighted by molar-refractivity contribution is 0.0650. The van der Waals surface area contributed by atoms with Gasteiger partial charge in [-0.2, -0.15) is 0 Å². The molecule has 0 aromatic rings. The summed E-state index contributed by atoms with van der Waals surface area (Å²) in [6.07, 6.45) is 6.75. The quantitative estimate of drug-likeness (QED) is 0.448. The van der Waals surface area contributed by atoms with E-state index < -0.39 is 0 Å². The van der Waals surface area contributed by atoms with E-state index in [4.69, 9.17) is 4.74 Å². The maximum absolute atomic E-state index is 5.60. The molecular weight excluding hydrogens is 119 g/mol. The molecule has 2 fully saturated rings. The number of hydrogen-bond acceptors (Lipinski definition) is 1. The van der Waals surface area contributed by atoms with Gasteiger partial charge in [-0.1, -0.05) is 0 Å². The standard InChI is InChI=1S/C6H11OP/c1-2-6-4-8-3-5(1)7-6/h5-6,8H,1-4H2. The van der Waals surface area contributed by atoms with E-state index in [1.807, 2.05) is 0 Å². The molecule has 2 bridgehead atoms. The van der Waals surface area contributed by atoms with Crippen LogP contribution in [0, 0.1) is 0 Å². The lowest BCUT2D eigenvalue weighted by Crippen LogP contribution is -2.19. The monoisotopic (exact) mass is 130 g/mol. The first kappa shape index (κ1) is 5.20. The molecule has 0 spiro atoms. The van der Waals surface area contributed by atoms with Crippen LogP contribution in [0.15, 0.2) is 0 Å². The summed E-state index contributed by atoms with van der Waals surface area (Å²) in [5, 5.41) is 0. The van der Waals surface area contributed by atoms with Crippen molar-refractivity contribution in [2.75, 3.05) is 12.3 Å². The van der Waals surface area contributed by atoms with Gasteiger partial charge in [0, 0.05) is 0 Å². The van der Waals surface area contributed by atoms with E-state index in [9.17, 15) is 0 Å². The summed E-state index contributed by atoms with van der Waals surface area (Å²) in [7, 11) is 1.20. The van der Waals surface area contributed by atoms with Crippen LogP contribution in [0.5, 0.6) is 0 Å². The molecular formula is C6H11OP. The van der Waals surface area contributed by atoms with E-state index in [0.29, 0.717) is 12.2 Å². The second-order valence-electron chi connectivity index (χ2n) is 2.62. The smallest absolute Gasteiger partial charge is 0.0616 e. The SMILES string of the molecule is C1CC2CPCC1O2. The van der Waals surface area contributed by atoms with Crippen LogP contribution < -0.4 is 0 Å². The van der Waals surface area contributed by atoms with Crippen molar-refractivity contribution >= 4 is 8.58 Å². The van der Waals surface area contributed by atoms with Gasteiger partial charge in [0.25, 0.3) is 0 Å². The summed E-state index contributed by atoms with van der Waals surface area (Å²) in [4.78, 5) is 0. The van der Waals surface area contributed by atoms with Crippen LogP contribution >= 0.6 is 8.58 Å². The molecule has 1 nitrogen and oxygen atoms in total. The summed E-state index contributed by atoms with van der Waals surface area (Å²) in [6, 6.07) is 0. The summed E-state index contributed by atoms with van der Waals surface area (Å²) in [5.41, 5.74) is 0. The molecule has 2 unspecified atom stereocenters. The minimum atomic E-state index is 0.673. The lowest BCUT2D eigenvalue weighted by Gasteiger charge is -2.18. The van der Waals surface area contributed by atoms with Crippen LogP contribution in [-0.2, 0) is 4.74 Å². The van der Waals surface area contributed by atoms with Gasteiger partial charge < -0.3 is 4.74 Å². The molecule has 0 aromatic carbocycles. The second-order valence-corrected chi connectivity index (χ2v) is 3.93. The number of fused-ring (bicyclic) bond motifs is 2. The molecule has 2 heteroatoms. The maximum Gasteiger partial charge on any atom is 0.0616 e. The second kappa shape index (κ2) is 1.97. The highest BCUT2D eigenvalue weighted by molar-refractivity contribution is 7.38. The third kappa shape index (κ3) is 0.784. The molecule has 0 amide bonds. The van der Waals surface area contributed by atoms with Gasteiger partial charge in [0.1, 0.15) is 0 Å². The Bertz CT molecular complexity index is 80.5. The first-order chi connectivity index (χ1) is 3.95. The first-order valence-electron chi connectivity index (χ1n) is 3.31. The average molecular weight is 130 g/mol. The van der Waals surface area contributed by atoms with Crippen molar-refractivity contribution in [1.29, 1.82) is 0 Å².